The summed E-state index contributed by atoms with van der Waals surface area (Å²) >= 11 is 0. The molecule has 2 aliphatic heterocycles. The largest absolute Gasteiger partial charge is 0.416 e. The molecule has 0 aromatic heterocycles. The molecule has 0 unspecified atom stereocenters. The van der Waals surface area contributed by atoms with E-state index in [1.807, 2.05) is 50.1 Å². The lowest BCUT2D eigenvalue weighted by Crippen LogP contribution is -2.44. The molecule has 4 rings (SSSR count). The van der Waals surface area contributed by atoms with E-state index in [0.29, 0.717) is 36.3 Å². The van der Waals surface area contributed by atoms with Crippen LogP contribution in [0.1, 0.15) is 46.0 Å². The zero-order valence-corrected chi connectivity index (χ0v) is 22.8. The van der Waals surface area contributed by atoms with E-state index in [1.54, 1.807) is 18.2 Å². The monoisotopic (exact) mass is 547 g/mol. The lowest BCUT2D eigenvalue weighted by atomic mass is 10.0. The maximum absolute atomic E-state index is 14.0. The number of piperazine rings is 1. The van der Waals surface area contributed by atoms with Gasteiger partial charge in [-0.3, -0.25) is 9.69 Å². The second kappa shape index (κ2) is 12.9. The summed E-state index contributed by atoms with van der Waals surface area (Å²) in [5, 5.41) is 11.0. The smallest absolute Gasteiger partial charge is 0.322 e. The third kappa shape index (κ3) is 8.01. The first-order valence-corrected chi connectivity index (χ1v) is 13.1. The molecule has 1 saturated heterocycles. The summed E-state index contributed by atoms with van der Waals surface area (Å²) in [5.74, 6) is 5.57. The van der Waals surface area contributed by atoms with Gasteiger partial charge < -0.3 is 10.2 Å². The minimum absolute atomic E-state index is 0.0845. The van der Waals surface area contributed by atoms with Crippen molar-refractivity contribution in [1.82, 2.24) is 9.80 Å². The van der Waals surface area contributed by atoms with Crippen molar-refractivity contribution in [2.24, 2.45) is 10.2 Å². The summed E-state index contributed by atoms with van der Waals surface area (Å²) in [6.07, 6.45) is 3.54. The van der Waals surface area contributed by atoms with Crippen molar-refractivity contribution in [3.05, 3.63) is 88.5 Å². The predicted octanol–water partition coefficient (Wildman–Crippen LogP) is 5.70. The quantitative estimate of drug-likeness (QED) is 0.500. The topological polar surface area (TPSA) is 60.3 Å². The van der Waals surface area contributed by atoms with Gasteiger partial charge in [0, 0.05) is 56.0 Å². The highest BCUT2D eigenvalue weighted by atomic mass is 19.4. The Morgan fingerprint density at radius 2 is 1.77 bits per heavy atom. The van der Waals surface area contributed by atoms with Crippen molar-refractivity contribution in [2.45, 2.75) is 33.0 Å². The normalized spacial score (nSPS) is 20.9. The van der Waals surface area contributed by atoms with Crippen LogP contribution >= 0.6 is 0 Å². The Morgan fingerprint density at radius 3 is 2.52 bits per heavy atom. The summed E-state index contributed by atoms with van der Waals surface area (Å²) in [4.78, 5) is 17.2. The molecule has 0 radical (unpaired) electrons. The molecular formula is C31H32F3N5O. The van der Waals surface area contributed by atoms with Gasteiger partial charge in [0.2, 0.25) is 0 Å². The number of hydrogen-bond acceptors (Lipinski definition) is 5. The fourth-order valence-electron chi connectivity index (χ4n) is 4.29. The summed E-state index contributed by atoms with van der Waals surface area (Å²) < 4.78 is 41.9. The molecule has 1 N–H and O–H groups in total. The molecule has 2 aromatic carbocycles. The number of amides is 1. The Labute approximate surface area is 233 Å². The van der Waals surface area contributed by atoms with Crippen molar-refractivity contribution in [3.63, 3.8) is 0 Å². The van der Waals surface area contributed by atoms with Crippen LogP contribution in [0.15, 0.2) is 70.9 Å². The number of hydrogen-bond donors (Lipinski definition) is 1. The summed E-state index contributed by atoms with van der Waals surface area (Å²) in [6, 6.07) is 9.00. The zero-order chi connectivity index (χ0) is 28.7. The van der Waals surface area contributed by atoms with Crippen LogP contribution in [-0.2, 0) is 12.7 Å². The molecule has 2 aromatic rings. The maximum atomic E-state index is 14.0. The number of carbonyl (C=O) groups is 1. The van der Waals surface area contributed by atoms with Gasteiger partial charge in [-0.2, -0.15) is 18.3 Å². The van der Waals surface area contributed by atoms with E-state index < -0.39 is 17.6 Å². The van der Waals surface area contributed by atoms with Gasteiger partial charge in [0.1, 0.15) is 5.71 Å². The number of aryl methyl sites for hydroxylation is 1. The molecule has 0 saturated carbocycles. The molecule has 0 spiro atoms. The molecule has 208 valence electrons. The molecule has 2 aliphatic rings. The van der Waals surface area contributed by atoms with Crippen LogP contribution in [0.3, 0.4) is 0 Å². The van der Waals surface area contributed by atoms with E-state index in [9.17, 15) is 18.0 Å². The van der Waals surface area contributed by atoms with E-state index in [4.69, 9.17) is 0 Å². The Kier molecular flexibility index (Phi) is 9.35. The first-order chi connectivity index (χ1) is 19.1. The van der Waals surface area contributed by atoms with Gasteiger partial charge in [0.15, 0.2) is 0 Å². The number of nitrogens with zero attached hydrogens (tertiary/aromatic N) is 4. The first kappa shape index (κ1) is 29.0. The van der Waals surface area contributed by atoms with Crippen molar-refractivity contribution in [2.75, 3.05) is 38.5 Å². The molecule has 0 atom stereocenters. The van der Waals surface area contributed by atoms with E-state index in [1.165, 1.54) is 12.1 Å². The molecule has 9 heteroatoms. The van der Waals surface area contributed by atoms with E-state index >= 15 is 0 Å². The van der Waals surface area contributed by atoms with E-state index in [2.05, 4.69) is 32.3 Å². The number of likely N-dealkylation sites (N-methyl/N-ethyl adjacent to an activating group) is 1. The lowest BCUT2D eigenvalue weighted by Gasteiger charge is -2.33. The fraction of sp³-hybridized carbons (Fsp3) is 0.323. The number of benzene rings is 2. The van der Waals surface area contributed by atoms with Crippen molar-refractivity contribution < 1.29 is 18.0 Å². The fourth-order valence-corrected chi connectivity index (χ4v) is 4.29. The molecule has 6 nitrogen and oxygen atoms in total. The van der Waals surface area contributed by atoms with Crippen LogP contribution in [0, 0.1) is 18.8 Å². The number of allylic oxidation sites excluding steroid dienone is 4. The molecule has 2 heterocycles. The highest BCUT2D eigenvalue weighted by Gasteiger charge is 2.34. The van der Waals surface area contributed by atoms with Crippen molar-refractivity contribution in [3.8, 4) is 11.8 Å². The van der Waals surface area contributed by atoms with E-state index in [0.717, 1.165) is 30.4 Å². The summed E-state index contributed by atoms with van der Waals surface area (Å²) in [6.45, 7) is 6.97. The number of alkyl halides is 3. The minimum Gasteiger partial charge on any atom is -0.322 e. The summed E-state index contributed by atoms with van der Waals surface area (Å²) in [7, 11) is 2.00. The number of anilines is 1. The standard InChI is InChI=1S/C31H32F3N5O/c1-22-9-10-25(19-24(22)11-13-27-8-6-4-5-7-23(2)36-37-27)30(40)35-28-14-12-26(29(20-28)31(32,33)34)21-39-17-15-38(3)16-18-39/h4-7,9-10,12,14,19-20H,8,15-18,21H2,1-3H3,(H,35,40)/b6-4-,7-5-,36-23+,37-27+. The Balaban J connectivity index is 1.52. The zero-order valence-electron chi connectivity index (χ0n) is 22.8. The molecule has 40 heavy (non-hydrogen) atoms. The number of rotatable bonds is 4. The third-order valence-electron chi connectivity index (χ3n) is 6.73. The SMILES string of the molecule is CC1=N\N=C(\C#Cc2cc(C(=O)Nc3ccc(CN4CCN(C)CC4)c(C(F)(F)F)c3)ccc2C)C\C=C/C=C\1. The highest BCUT2D eigenvalue weighted by Crippen LogP contribution is 2.34. The van der Waals surface area contributed by atoms with Gasteiger partial charge in [0.05, 0.1) is 11.3 Å². The van der Waals surface area contributed by atoms with Gasteiger partial charge in [0.25, 0.3) is 5.91 Å². The van der Waals surface area contributed by atoms with Crippen molar-refractivity contribution in [1.29, 1.82) is 0 Å². The number of nitrogens with one attached hydrogen (secondary N) is 1. The van der Waals surface area contributed by atoms with Gasteiger partial charge in [-0.05, 0) is 68.3 Å². The molecular weight excluding hydrogens is 515 g/mol. The van der Waals surface area contributed by atoms with Gasteiger partial charge in [-0.25, -0.2) is 0 Å². The van der Waals surface area contributed by atoms with E-state index in [-0.39, 0.29) is 17.8 Å². The second-order valence-corrected chi connectivity index (χ2v) is 9.96. The molecule has 1 fully saturated rings. The average molecular weight is 548 g/mol. The Bertz CT molecular complexity index is 1440. The van der Waals surface area contributed by atoms with Crippen LogP contribution in [0.2, 0.25) is 0 Å². The van der Waals surface area contributed by atoms with Gasteiger partial charge in [-0.1, -0.05) is 36.3 Å². The number of carbonyl (C=O) groups excluding carboxylic acids is 1. The maximum Gasteiger partial charge on any atom is 0.416 e. The van der Waals surface area contributed by atoms with Crippen LogP contribution < -0.4 is 5.32 Å². The lowest BCUT2D eigenvalue weighted by molar-refractivity contribution is -0.138. The second-order valence-electron chi connectivity index (χ2n) is 9.96. The van der Waals surface area contributed by atoms with Gasteiger partial charge in [-0.15, -0.1) is 5.10 Å². The van der Waals surface area contributed by atoms with Crippen LogP contribution in [0.5, 0.6) is 0 Å². The first-order valence-electron chi connectivity index (χ1n) is 13.1. The average Bonchev–Trinajstić information content (AvgIpc) is 3.01. The van der Waals surface area contributed by atoms with Crippen LogP contribution in [-0.4, -0.2) is 60.4 Å². The Hall–Kier alpha value is -4.00. The molecule has 1 amide bonds. The van der Waals surface area contributed by atoms with Gasteiger partial charge >= 0.3 is 6.18 Å². The third-order valence-corrected chi connectivity index (χ3v) is 6.73. The summed E-state index contributed by atoms with van der Waals surface area (Å²) in [5.41, 5.74) is 2.64. The minimum atomic E-state index is -4.54. The number of halogens is 3. The van der Waals surface area contributed by atoms with Crippen LogP contribution in [0.25, 0.3) is 0 Å². The molecule has 0 aliphatic carbocycles. The molecule has 0 bridgehead atoms. The highest BCUT2D eigenvalue weighted by molar-refractivity contribution is 6.05. The van der Waals surface area contributed by atoms with Crippen molar-refractivity contribution >= 4 is 23.0 Å². The Morgan fingerprint density at radius 1 is 1.00 bits per heavy atom. The predicted molar refractivity (Wildman–Crippen MR) is 154 cm³/mol. The van der Waals surface area contributed by atoms with Crippen LogP contribution in [0.4, 0.5) is 18.9 Å².